The van der Waals surface area contributed by atoms with E-state index in [1.165, 1.54) is 12.8 Å². The highest BCUT2D eigenvalue weighted by Gasteiger charge is 2.39. The van der Waals surface area contributed by atoms with Crippen LogP contribution in [0.2, 0.25) is 0 Å². The second-order valence-corrected chi connectivity index (χ2v) is 6.05. The first-order valence-electron chi connectivity index (χ1n) is 7.21. The van der Waals surface area contributed by atoms with Crippen molar-refractivity contribution >= 4 is 0 Å². The van der Waals surface area contributed by atoms with E-state index in [1.807, 2.05) is 0 Å². The zero-order valence-electron chi connectivity index (χ0n) is 11.9. The molecule has 0 radical (unpaired) electrons. The van der Waals surface area contributed by atoms with Crippen LogP contribution in [0.4, 0.5) is 0 Å². The highest BCUT2D eigenvalue weighted by atomic mass is 16.5. The van der Waals surface area contributed by atoms with Gasteiger partial charge >= 0.3 is 0 Å². The Morgan fingerprint density at radius 1 is 1.50 bits per heavy atom. The highest BCUT2D eigenvalue weighted by Crippen LogP contribution is 2.37. The molecule has 0 aromatic carbocycles. The van der Waals surface area contributed by atoms with Gasteiger partial charge in [0.15, 0.2) is 0 Å². The van der Waals surface area contributed by atoms with Crippen LogP contribution in [0.15, 0.2) is 0 Å². The fourth-order valence-electron chi connectivity index (χ4n) is 2.94. The quantitative estimate of drug-likeness (QED) is 0.706. The van der Waals surface area contributed by atoms with E-state index < -0.39 is 0 Å². The lowest BCUT2D eigenvalue weighted by molar-refractivity contribution is 0.0645. The van der Waals surface area contributed by atoms with E-state index in [2.05, 4.69) is 11.8 Å². The summed E-state index contributed by atoms with van der Waals surface area (Å²) in [4.78, 5) is 2.57. The van der Waals surface area contributed by atoms with Crippen LogP contribution in [0.25, 0.3) is 0 Å². The van der Waals surface area contributed by atoms with Crippen molar-refractivity contribution in [3.05, 3.63) is 0 Å². The molecule has 2 atom stereocenters. The molecule has 2 fully saturated rings. The molecule has 2 aliphatic rings. The summed E-state index contributed by atoms with van der Waals surface area (Å²) in [5, 5.41) is 0. The maximum atomic E-state index is 6.00. The topological polar surface area (TPSA) is 47.7 Å². The summed E-state index contributed by atoms with van der Waals surface area (Å²) in [5.74, 6) is 0.888. The van der Waals surface area contributed by atoms with Gasteiger partial charge in [-0.15, -0.1) is 0 Å². The standard InChI is InChI=1S/C14H28N2O2/c1-12(13-3-4-13)16(6-8-17-2)10-14(9-15)5-7-18-11-14/h12-13H,3-11,15H2,1-2H3. The molecule has 0 amide bonds. The first-order valence-corrected chi connectivity index (χ1v) is 7.21. The average Bonchev–Trinajstić information content (AvgIpc) is 3.14. The molecule has 1 aliphatic carbocycles. The Balaban J connectivity index is 1.93. The molecule has 0 spiro atoms. The van der Waals surface area contributed by atoms with E-state index in [-0.39, 0.29) is 5.41 Å². The van der Waals surface area contributed by atoms with Crippen LogP contribution in [0.1, 0.15) is 26.2 Å². The van der Waals surface area contributed by atoms with Crippen molar-refractivity contribution in [2.24, 2.45) is 17.1 Å². The Labute approximate surface area is 111 Å². The second kappa shape index (κ2) is 6.33. The summed E-state index contributed by atoms with van der Waals surface area (Å²) < 4.78 is 10.8. The maximum Gasteiger partial charge on any atom is 0.0589 e. The lowest BCUT2D eigenvalue weighted by Gasteiger charge is -2.37. The Morgan fingerprint density at radius 2 is 2.28 bits per heavy atom. The Hall–Kier alpha value is -0.160. The summed E-state index contributed by atoms with van der Waals surface area (Å²) in [7, 11) is 1.78. The molecule has 2 rings (SSSR count). The third-order valence-corrected chi connectivity index (χ3v) is 4.62. The number of ether oxygens (including phenoxy) is 2. The minimum absolute atomic E-state index is 0.177. The van der Waals surface area contributed by atoms with Gasteiger partial charge in [-0.3, -0.25) is 4.90 Å². The fourth-order valence-corrected chi connectivity index (χ4v) is 2.94. The summed E-state index contributed by atoms with van der Waals surface area (Å²) in [6.07, 6.45) is 3.87. The molecular formula is C14H28N2O2. The van der Waals surface area contributed by atoms with Crippen LogP contribution < -0.4 is 5.73 Å². The normalized spacial score (nSPS) is 30.0. The van der Waals surface area contributed by atoms with Crippen molar-refractivity contribution in [2.45, 2.75) is 32.2 Å². The van der Waals surface area contributed by atoms with E-state index in [9.17, 15) is 0 Å². The van der Waals surface area contributed by atoms with Gasteiger partial charge in [-0.05, 0) is 32.1 Å². The van der Waals surface area contributed by atoms with E-state index in [0.717, 1.165) is 51.8 Å². The molecule has 0 bridgehead atoms. The average molecular weight is 256 g/mol. The predicted molar refractivity (Wildman–Crippen MR) is 72.6 cm³/mol. The van der Waals surface area contributed by atoms with E-state index in [4.69, 9.17) is 15.2 Å². The Kier molecular flexibility index (Phi) is 5.01. The molecular weight excluding hydrogens is 228 g/mol. The van der Waals surface area contributed by atoms with Crippen LogP contribution in [0, 0.1) is 11.3 Å². The van der Waals surface area contributed by atoms with E-state index in [1.54, 1.807) is 7.11 Å². The van der Waals surface area contributed by atoms with Gasteiger partial charge in [-0.2, -0.15) is 0 Å². The lowest BCUT2D eigenvalue weighted by Crippen LogP contribution is -2.48. The Bertz CT molecular complexity index is 250. The third-order valence-electron chi connectivity index (χ3n) is 4.62. The number of nitrogens with two attached hydrogens (primary N) is 1. The highest BCUT2D eigenvalue weighted by molar-refractivity contribution is 4.92. The van der Waals surface area contributed by atoms with Crippen molar-refractivity contribution in [1.82, 2.24) is 4.90 Å². The van der Waals surface area contributed by atoms with Gasteiger partial charge in [0, 0.05) is 44.8 Å². The monoisotopic (exact) mass is 256 g/mol. The van der Waals surface area contributed by atoms with Gasteiger partial charge in [0.2, 0.25) is 0 Å². The molecule has 4 heteroatoms. The second-order valence-electron chi connectivity index (χ2n) is 6.05. The number of methoxy groups -OCH3 is 1. The molecule has 2 N–H and O–H groups in total. The van der Waals surface area contributed by atoms with Crippen LogP contribution >= 0.6 is 0 Å². The molecule has 1 saturated heterocycles. The largest absolute Gasteiger partial charge is 0.383 e. The predicted octanol–water partition coefficient (Wildman–Crippen LogP) is 1.10. The third kappa shape index (κ3) is 3.44. The van der Waals surface area contributed by atoms with Gasteiger partial charge in [0.25, 0.3) is 0 Å². The van der Waals surface area contributed by atoms with Gasteiger partial charge in [0.05, 0.1) is 13.2 Å². The van der Waals surface area contributed by atoms with Crippen LogP contribution in [0.5, 0.6) is 0 Å². The molecule has 18 heavy (non-hydrogen) atoms. The fraction of sp³-hybridized carbons (Fsp3) is 1.00. The summed E-state index contributed by atoms with van der Waals surface area (Å²) in [6, 6.07) is 0.657. The first-order chi connectivity index (χ1) is 8.71. The SMILES string of the molecule is COCCN(CC1(CN)CCOC1)C(C)C1CC1. The summed E-state index contributed by atoms with van der Waals surface area (Å²) in [6.45, 7) is 7.65. The van der Waals surface area contributed by atoms with E-state index in [0.29, 0.717) is 6.04 Å². The Morgan fingerprint density at radius 3 is 2.78 bits per heavy atom. The van der Waals surface area contributed by atoms with Crippen molar-refractivity contribution in [2.75, 3.05) is 46.6 Å². The minimum atomic E-state index is 0.177. The zero-order chi connectivity index (χ0) is 13.0. The van der Waals surface area contributed by atoms with Crippen molar-refractivity contribution in [3.63, 3.8) is 0 Å². The van der Waals surface area contributed by atoms with Crippen molar-refractivity contribution in [1.29, 1.82) is 0 Å². The number of hydrogen-bond donors (Lipinski definition) is 1. The lowest BCUT2D eigenvalue weighted by atomic mass is 9.86. The molecule has 0 aromatic heterocycles. The van der Waals surface area contributed by atoms with Crippen molar-refractivity contribution < 1.29 is 9.47 Å². The molecule has 1 aliphatic heterocycles. The number of nitrogens with zero attached hydrogens (tertiary/aromatic N) is 1. The summed E-state index contributed by atoms with van der Waals surface area (Å²) in [5.41, 5.74) is 6.18. The minimum Gasteiger partial charge on any atom is -0.383 e. The number of hydrogen-bond acceptors (Lipinski definition) is 4. The summed E-state index contributed by atoms with van der Waals surface area (Å²) >= 11 is 0. The molecule has 4 nitrogen and oxygen atoms in total. The molecule has 1 heterocycles. The number of rotatable bonds is 8. The van der Waals surface area contributed by atoms with Crippen LogP contribution in [-0.2, 0) is 9.47 Å². The van der Waals surface area contributed by atoms with Gasteiger partial charge in [0.1, 0.15) is 0 Å². The molecule has 106 valence electrons. The first kappa shape index (κ1) is 14.3. The van der Waals surface area contributed by atoms with Crippen LogP contribution in [0.3, 0.4) is 0 Å². The van der Waals surface area contributed by atoms with Gasteiger partial charge in [-0.1, -0.05) is 0 Å². The molecule has 2 unspecified atom stereocenters. The van der Waals surface area contributed by atoms with Gasteiger partial charge in [-0.25, -0.2) is 0 Å². The van der Waals surface area contributed by atoms with Crippen LogP contribution in [-0.4, -0.2) is 57.5 Å². The van der Waals surface area contributed by atoms with Gasteiger partial charge < -0.3 is 15.2 Å². The van der Waals surface area contributed by atoms with Crippen molar-refractivity contribution in [3.8, 4) is 0 Å². The maximum absolute atomic E-state index is 6.00. The molecule has 0 aromatic rings. The molecule has 1 saturated carbocycles. The zero-order valence-corrected chi connectivity index (χ0v) is 11.9. The smallest absolute Gasteiger partial charge is 0.0589 e. The van der Waals surface area contributed by atoms with E-state index >= 15 is 0 Å².